The zero-order chi connectivity index (χ0) is 13.4. The van der Waals surface area contributed by atoms with Crippen LogP contribution in [-0.2, 0) is 10.0 Å². The molecule has 0 aliphatic rings. The van der Waals surface area contributed by atoms with Crippen molar-refractivity contribution < 1.29 is 8.42 Å². The van der Waals surface area contributed by atoms with E-state index >= 15 is 0 Å². The molecule has 98 valence electrons. The maximum atomic E-state index is 12.4. The van der Waals surface area contributed by atoms with Crippen molar-refractivity contribution in [2.45, 2.75) is 30.5 Å². The van der Waals surface area contributed by atoms with Crippen molar-refractivity contribution in [1.29, 1.82) is 0 Å². The van der Waals surface area contributed by atoms with Crippen LogP contribution in [0.4, 0.5) is 0 Å². The number of aryl methyl sites for hydroxylation is 1. The maximum Gasteiger partial charge on any atom is 0.252 e. The number of halogens is 2. The summed E-state index contributed by atoms with van der Waals surface area (Å²) in [5.41, 5.74) is 0.488. The smallest absolute Gasteiger partial charge is 0.206 e. The average molecular weight is 405 g/mol. The number of sulfonamides is 1. The van der Waals surface area contributed by atoms with E-state index in [9.17, 15) is 8.42 Å². The van der Waals surface area contributed by atoms with Gasteiger partial charge in [0.1, 0.15) is 4.21 Å². The van der Waals surface area contributed by atoms with E-state index in [0.717, 1.165) is 9.35 Å². The van der Waals surface area contributed by atoms with Crippen molar-refractivity contribution in [3.05, 3.63) is 15.4 Å². The first-order valence-corrected chi connectivity index (χ1v) is 9.11. The molecule has 17 heavy (non-hydrogen) atoms. The van der Waals surface area contributed by atoms with E-state index in [1.54, 1.807) is 13.1 Å². The summed E-state index contributed by atoms with van der Waals surface area (Å²) in [5.74, 6) is 0. The lowest BCUT2D eigenvalue weighted by molar-refractivity contribution is 0.300. The fourth-order valence-electron chi connectivity index (χ4n) is 1.10. The summed E-state index contributed by atoms with van der Waals surface area (Å²) in [6.07, 6.45) is 0. The first-order valence-electron chi connectivity index (χ1n) is 4.94. The van der Waals surface area contributed by atoms with Crippen molar-refractivity contribution in [3.8, 4) is 0 Å². The molecule has 1 rings (SSSR count). The Morgan fingerprint density at radius 2 is 2.00 bits per heavy atom. The van der Waals surface area contributed by atoms with E-state index < -0.39 is 15.6 Å². The first kappa shape index (κ1) is 15.6. The first-order chi connectivity index (χ1) is 7.63. The molecule has 3 nitrogen and oxygen atoms in total. The van der Waals surface area contributed by atoms with Gasteiger partial charge in [-0.05, 0) is 48.3 Å². The molecule has 0 aliphatic carbocycles. The Bertz CT molecular complexity index is 489. The van der Waals surface area contributed by atoms with Crippen LogP contribution >= 0.6 is 43.2 Å². The molecule has 0 saturated carbocycles. The molecule has 0 radical (unpaired) electrons. The quantitative estimate of drug-likeness (QED) is 0.718. The van der Waals surface area contributed by atoms with Gasteiger partial charge in [0.05, 0.1) is 3.79 Å². The van der Waals surface area contributed by atoms with Gasteiger partial charge in [0.15, 0.2) is 0 Å². The van der Waals surface area contributed by atoms with Gasteiger partial charge in [-0.1, -0.05) is 15.9 Å². The van der Waals surface area contributed by atoms with Crippen molar-refractivity contribution in [3.63, 3.8) is 0 Å². The molecular weight excluding hydrogens is 390 g/mol. The van der Waals surface area contributed by atoms with Gasteiger partial charge in [-0.2, -0.15) is 4.31 Å². The van der Waals surface area contributed by atoms with Gasteiger partial charge in [-0.3, -0.25) is 0 Å². The molecule has 0 aromatic carbocycles. The van der Waals surface area contributed by atoms with E-state index in [1.807, 2.05) is 20.8 Å². The van der Waals surface area contributed by atoms with Gasteiger partial charge < -0.3 is 0 Å². The number of nitrogens with zero attached hydrogens (tertiary/aromatic N) is 1. The largest absolute Gasteiger partial charge is 0.252 e. The number of thiophene rings is 1. The van der Waals surface area contributed by atoms with Crippen molar-refractivity contribution in [1.82, 2.24) is 4.31 Å². The Hall–Kier alpha value is 0.570. The van der Waals surface area contributed by atoms with Crippen LogP contribution in [0.3, 0.4) is 0 Å². The topological polar surface area (TPSA) is 37.4 Å². The minimum absolute atomic E-state index is 0.374. The zero-order valence-corrected chi connectivity index (χ0v) is 14.9. The molecule has 1 aromatic rings. The second-order valence-corrected chi connectivity index (χ2v) is 9.57. The minimum Gasteiger partial charge on any atom is -0.206 e. The van der Waals surface area contributed by atoms with Crippen LogP contribution in [0.2, 0.25) is 0 Å². The monoisotopic (exact) mass is 403 g/mol. The molecule has 1 heterocycles. The molecule has 0 amide bonds. The van der Waals surface area contributed by atoms with E-state index in [-0.39, 0.29) is 0 Å². The third kappa shape index (κ3) is 3.12. The van der Waals surface area contributed by atoms with Crippen LogP contribution in [0.1, 0.15) is 19.4 Å². The third-order valence-corrected chi connectivity index (χ3v) is 8.66. The molecule has 0 saturated heterocycles. The summed E-state index contributed by atoms with van der Waals surface area (Å²) in [6.45, 7) is 5.65. The van der Waals surface area contributed by atoms with Crippen LogP contribution in [-0.4, -0.2) is 30.6 Å². The standard InChI is InChI=1S/C10H15Br2NO2S2/c1-7-5-8(16-9(7)12)17(14,15)13(4)10(2,3)6-11/h5H,6H2,1-4H3. The van der Waals surface area contributed by atoms with Crippen molar-refractivity contribution in [2.75, 3.05) is 12.4 Å². The Morgan fingerprint density at radius 3 is 2.35 bits per heavy atom. The van der Waals surface area contributed by atoms with Gasteiger partial charge in [0.25, 0.3) is 10.0 Å². The molecular formula is C10H15Br2NO2S2. The molecule has 0 bridgehead atoms. The molecule has 0 aliphatic heterocycles. The summed E-state index contributed by atoms with van der Waals surface area (Å²) in [4.78, 5) is 0. The predicted octanol–water partition coefficient (Wildman–Crippen LogP) is 3.61. The van der Waals surface area contributed by atoms with Crippen molar-refractivity contribution >= 4 is 53.2 Å². The fraction of sp³-hybridized carbons (Fsp3) is 0.600. The highest BCUT2D eigenvalue weighted by Gasteiger charge is 2.34. The average Bonchev–Trinajstić information content (AvgIpc) is 2.58. The van der Waals surface area contributed by atoms with Gasteiger partial charge >= 0.3 is 0 Å². The van der Waals surface area contributed by atoms with Crippen LogP contribution in [0.15, 0.2) is 14.1 Å². The van der Waals surface area contributed by atoms with Gasteiger partial charge in [-0.15, -0.1) is 11.3 Å². The summed E-state index contributed by atoms with van der Waals surface area (Å²) < 4.78 is 27.4. The van der Waals surface area contributed by atoms with Gasteiger partial charge in [0.2, 0.25) is 0 Å². The van der Waals surface area contributed by atoms with Crippen LogP contribution < -0.4 is 0 Å². The maximum absolute atomic E-state index is 12.4. The van der Waals surface area contributed by atoms with Crippen molar-refractivity contribution in [2.24, 2.45) is 0 Å². The molecule has 1 aromatic heterocycles. The summed E-state index contributed by atoms with van der Waals surface area (Å²) >= 11 is 7.94. The van der Waals surface area contributed by atoms with E-state index in [4.69, 9.17) is 0 Å². The zero-order valence-electron chi connectivity index (χ0n) is 10.1. The van der Waals surface area contributed by atoms with E-state index in [1.165, 1.54) is 15.6 Å². The Morgan fingerprint density at radius 1 is 1.47 bits per heavy atom. The van der Waals surface area contributed by atoms with Gasteiger partial charge in [0, 0.05) is 17.9 Å². The van der Waals surface area contributed by atoms with Crippen LogP contribution in [0, 0.1) is 6.92 Å². The normalized spacial score (nSPS) is 13.4. The highest BCUT2D eigenvalue weighted by atomic mass is 79.9. The second kappa shape index (κ2) is 5.28. The Balaban J connectivity index is 3.20. The molecule has 0 fully saturated rings. The number of hydrogen-bond donors (Lipinski definition) is 0. The second-order valence-electron chi connectivity index (χ2n) is 4.44. The number of rotatable bonds is 4. The minimum atomic E-state index is -3.42. The Labute approximate surface area is 124 Å². The summed E-state index contributed by atoms with van der Waals surface area (Å²) in [5, 5.41) is 0.585. The third-order valence-electron chi connectivity index (χ3n) is 2.63. The molecule has 0 spiro atoms. The predicted molar refractivity (Wildman–Crippen MR) is 79.6 cm³/mol. The van der Waals surface area contributed by atoms with E-state index in [2.05, 4.69) is 31.9 Å². The molecule has 7 heteroatoms. The molecule has 0 unspecified atom stereocenters. The van der Waals surface area contributed by atoms with Gasteiger partial charge in [-0.25, -0.2) is 8.42 Å². The fourth-order valence-corrected chi connectivity index (χ4v) is 5.55. The van der Waals surface area contributed by atoms with Crippen LogP contribution in [0.25, 0.3) is 0 Å². The number of hydrogen-bond acceptors (Lipinski definition) is 3. The lowest BCUT2D eigenvalue weighted by Crippen LogP contribution is -2.45. The molecule has 0 N–H and O–H groups in total. The summed E-state index contributed by atoms with van der Waals surface area (Å²) in [6, 6.07) is 1.70. The highest BCUT2D eigenvalue weighted by Crippen LogP contribution is 2.34. The highest BCUT2D eigenvalue weighted by molar-refractivity contribution is 9.11. The lowest BCUT2D eigenvalue weighted by atomic mass is 10.1. The Kier molecular flexibility index (Phi) is 4.86. The summed E-state index contributed by atoms with van der Waals surface area (Å²) in [7, 11) is -1.81. The lowest BCUT2D eigenvalue weighted by Gasteiger charge is -2.32. The SMILES string of the molecule is Cc1cc(S(=O)(=O)N(C)C(C)(C)CBr)sc1Br. The molecule has 0 atom stereocenters. The number of alkyl halides is 1. The van der Waals surface area contributed by atoms with Crippen LogP contribution in [0.5, 0.6) is 0 Å². The van der Waals surface area contributed by atoms with E-state index in [0.29, 0.717) is 9.54 Å².